The maximum Gasteiger partial charge on any atom is 0.253 e. The molecule has 0 saturated carbocycles. The summed E-state index contributed by atoms with van der Waals surface area (Å²) >= 11 is 0. The van der Waals surface area contributed by atoms with Crippen molar-refractivity contribution < 1.29 is 17.9 Å². The van der Waals surface area contributed by atoms with Crippen LogP contribution in [0.5, 0.6) is 0 Å². The molecule has 1 heterocycles. The van der Waals surface area contributed by atoms with Crippen molar-refractivity contribution in [2.24, 2.45) is 0 Å². The molecule has 1 aliphatic rings. The molecular weight excluding hydrogens is 400 g/mol. The molecule has 0 aliphatic carbocycles. The van der Waals surface area contributed by atoms with Crippen LogP contribution in [0.25, 0.3) is 0 Å². The van der Waals surface area contributed by atoms with E-state index < -0.39 is 10.0 Å². The first-order valence-corrected chi connectivity index (χ1v) is 11.8. The Hall–Kier alpha value is -2.22. The molecule has 3 rings (SSSR count). The molecule has 6 nitrogen and oxygen atoms in total. The van der Waals surface area contributed by atoms with Crippen LogP contribution in [0.3, 0.4) is 0 Å². The fraction of sp³-hybridized carbons (Fsp3) is 0.435. The normalized spacial score (nSPS) is 16.4. The van der Waals surface area contributed by atoms with E-state index in [1.54, 1.807) is 36.3 Å². The number of piperazine rings is 1. The van der Waals surface area contributed by atoms with E-state index in [2.05, 4.69) is 13.8 Å². The number of sulfonamides is 1. The van der Waals surface area contributed by atoms with E-state index in [-0.39, 0.29) is 5.91 Å². The summed E-state index contributed by atoms with van der Waals surface area (Å²) < 4.78 is 32.5. The number of nitrogens with zero attached hydrogens (tertiary/aromatic N) is 2. The summed E-state index contributed by atoms with van der Waals surface area (Å²) in [4.78, 5) is 14.8. The molecule has 0 radical (unpaired) electrons. The molecule has 162 valence electrons. The summed E-state index contributed by atoms with van der Waals surface area (Å²) in [6.07, 6.45) is 1.01. The summed E-state index contributed by atoms with van der Waals surface area (Å²) in [5.74, 6) is 0.328. The lowest BCUT2D eigenvalue weighted by molar-refractivity contribution is 0.0698. The Morgan fingerprint density at radius 1 is 1.00 bits per heavy atom. The van der Waals surface area contributed by atoms with E-state index in [1.165, 1.54) is 4.31 Å². The first kappa shape index (κ1) is 22.5. The Balaban J connectivity index is 1.63. The van der Waals surface area contributed by atoms with Crippen LogP contribution < -0.4 is 0 Å². The van der Waals surface area contributed by atoms with Gasteiger partial charge in [-0.3, -0.25) is 4.79 Å². The Kier molecular flexibility index (Phi) is 7.28. The van der Waals surface area contributed by atoms with Gasteiger partial charge in [0.2, 0.25) is 10.0 Å². The molecule has 2 aromatic carbocycles. The van der Waals surface area contributed by atoms with Crippen molar-refractivity contribution in [3.8, 4) is 0 Å². The molecule has 1 atom stereocenters. The van der Waals surface area contributed by atoms with Gasteiger partial charge in [0.1, 0.15) is 0 Å². The topological polar surface area (TPSA) is 66.9 Å². The molecule has 1 fully saturated rings. The van der Waals surface area contributed by atoms with Gasteiger partial charge >= 0.3 is 0 Å². The van der Waals surface area contributed by atoms with Gasteiger partial charge in [0.15, 0.2) is 0 Å². The lowest BCUT2D eigenvalue weighted by Crippen LogP contribution is -2.50. The third-order valence-corrected chi connectivity index (χ3v) is 7.65. The molecular formula is C23H30N2O4S. The maximum absolute atomic E-state index is 13.0. The van der Waals surface area contributed by atoms with Gasteiger partial charge in [0.25, 0.3) is 5.91 Å². The largest absolute Gasteiger partial charge is 0.380 e. The lowest BCUT2D eigenvalue weighted by Gasteiger charge is -2.34. The first-order chi connectivity index (χ1) is 14.4. The number of carbonyl (C=O) groups excluding carboxylic acids is 1. The lowest BCUT2D eigenvalue weighted by atomic mass is 9.99. The number of ether oxygens (including phenoxy) is 1. The second-order valence-electron chi connectivity index (χ2n) is 7.70. The molecule has 0 bridgehead atoms. The molecule has 1 aliphatic heterocycles. The number of benzene rings is 2. The Morgan fingerprint density at radius 3 is 2.13 bits per heavy atom. The molecule has 0 N–H and O–H groups in total. The van der Waals surface area contributed by atoms with Gasteiger partial charge in [-0.1, -0.05) is 38.1 Å². The molecule has 1 unspecified atom stereocenters. The van der Waals surface area contributed by atoms with Crippen LogP contribution in [-0.2, 0) is 21.4 Å². The number of carbonyl (C=O) groups is 1. The summed E-state index contributed by atoms with van der Waals surface area (Å²) in [6, 6.07) is 14.5. The van der Waals surface area contributed by atoms with Crippen LogP contribution in [0.4, 0.5) is 0 Å². The summed E-state index contributed by atoms with van der Waals surface area (Å²) in [5, 5.41) is 0. The number of hydrogen-bond acceptors (Lipinski definition) is 4. The summed E-state index contributed by atoms with van der Waals surface area (Å²) in [7, 11) is -1.92. The van der Waals surface area contributed by atoms with Crippen molar-refractivity contribution in [3.63, 3.8) is 0 Å². The summed E-state index contributed by atoms with van der Waals surface area (Å²) in [5.41, 5.74) is 2.75. The third-order valence-electron chi connectivity index (χ3n) is 5.74. The first-order valence-electron chi connectivity index (χ1n) is 10.3. The van der Waals surface area contributed by atoms with E-state index in [0.29, 0.717) is 49.2 Å². The number of rotatable bonds is 7. The molecule has 30 heavy (non-hydrogen) atoms. The van der Waals surface area contributed by atoms with E-state index in [0.717, 1.165) is 17.5 Å². The molecule has 7 heteroatoms. The zero-order valence-corrected chi connectivity index (χ0v) is 18.7. The van der Waals surface area contributed by atoms with E-state index in [9.17, 15) is 13.2 Å². The minimum absolute atomic E-state index is 0.0751. The van der Waals surface area contributed by atoms with Crippen molar-refractivity contribution >= 4 is 15.9 Å². The maximum atomic E-state index is 13.0. The second kappa shape index (κ2) is 9.73. The highest BCUT2D eigenvalue weighted by molar-refractivity contribution is 7.89. The van der Waals surface area contributed by atoms with Crippen molar-refractivity contribution in [2.75, 3.05) is 33.3 Å². The molecule has 0 aromatic heterocycles. The van der Waals surface area contributed by atoms with Crippen LogP contribution in [0.15, 0.2) is 53.4 Å². The second-order valence-corrected chi connectivity index (χ2v) is 9.64. The standard InChI is InChI=1S/C23H30N2O4S/c1-4-18(2)20-9-11-22(12-10-20)30(27,28)25-15-13-24(14-16-25)23(26)21-7-5-19(6-8-21)17-29-3/h5-12,18H,4,13-17H2,1-3H3. The average Bonchev–Trinajstić information content (AvgIpc) is 2.79. The van der Waals surface area contributed by atoms with E-state index in [1.807, 2.05) is 24.3 Å². The fourth-order valence-corrected chi connectivity index (χ4v) is 5.00. The van der Waals surface area contributed by atoms with Crippen LogP contribution in [0.2, 0.25) is 0 Å². The van der Waals surface area contributed by atoms with E-state index >= 15 is 0 Å². The molecule has 1 saturated heterocycles. The van der Waals surface area contributed by atoms with Gasteiger partial charge in [-0.15, -0.1) is 0 Å². The molecule has 2 aromatic rings. The molecule has 1 amide bonds. The highest BCUT2D eigenvalue weighted by Gasteiger charge is 2.30. The van der Waals surface area contributed by atoms with Crippen molar-refractivity contribution in [3.05, 3.63) is 65.2 Å². The fourth-order valence-electron chi connectivity index (χ4n) is 3.58. The Bertz CT molecular complexity index is 948. The van der Waals surface area contributed by atoms with Crippen molar-refractivity contribution in [1.82, 2.24) is 9.21 Å². The SMILES string of the molecule is CCC(C)c1ccc(S(=O)(=O)N2CCN(C(=O)c3ccc(COC)cc3)CC2)cc1. The van der Waals surface area contributed by atoms with Gasteiger partial charge in [-0.2, -0.15) is 4.31 Å². The predicted octanol–water partition coefficient (Wildman–Crippen LogP) is 3.49. The zero-order valence-electron chi connectivity index (χ0n) is 17.9. The van der Waals surface area contributed by atoms with Crippen LogP contribution >= 0.6 is 0 Å². The van der Waals surface area contributed by atoms with Gasteiger partial charge in [0, 0.05) is 38.9 Å². The number of amides is 1. The highest BCUT2D eigenvalue weighted by atomic mass is 32.2. The van der Waals surface area contributed by atoms with Crippen LogP contribution in [0, 0.1) is 0 Å². The van der Waals surface area contributed by atoms with Gasteiger partial charge in [-0.05, 0) is 47.7 Å². The summed E-state index contributed by atoms with van der Waals surface area (Å²) in [6.45, 7) is 6.09. The van der Waals surface area contributed by atoms with Crippen molar-refractivity contribution in [2.45, 2.75) is 37.7 Å². The number of methoxy groups -OCH3 is 1. The highest BCUT2D eigenvalue weighted by Crippen LogP contribution is 2.23. The Labute approximate surface area is 179 Å². The monoisotopic (exact) mass is 430 g/mol. The zero-order chi connectivity index (χ0) is 21.7. The third kappa shape index (κ3) is 4.91. The molecule has 0 spiro atoms. The van der Waals surface area contributed by atoms with Crippen LogP contribution in [0.1, 0.15) is 47.7 Å². The average molecular weight is 431 g/mol. The minimum atomic E-state index is -3.56. The van der Waals surface area contributed by atoms with Gasteiger partial charge in [0.05, 0.1) is 11.5 Å². The smallest absolute Gasteiger partial charge is 0.253 e. The van der Waals surface area contributed by atoms with E-state index in [4.69, 9.17) is 4.74 Å². The predicted molar refractivity (Wildman–Crippen MR) is 117 cm³/mol. The Morgan fingerprint density at radius 2 is 1.60 bits per heavy atom. The number of hydrogen-bond donors (Lipinski definition) is 0. The van der Waals surface area contributed by atoms with Gasteiger partial charge in [-0.25, -0.2) is 8.42 Å². The van der Waals surface area contributed by atoms with Gasteiger partial charge < -0.3 is 9.64 Å². The van der Waals surface area contributed by atoms with Crippen molar-refractivity contribution in [1.29, 1.82) is 0 Å². The van der Waals surface area contributed by atoms with Crippen LogP contribution in [-0.4, -0.2) is 56.8 Å². The minimum Gasteiger partial charge on any atom is -0.380 e. The quantitative estimate of drug-likeness (QED) is 0.674.